The molecule has 74 valence electrons. The van der Waals surface area contributed by atoms with E-state index in [4.69, 9.17) is 15.7 Å². The Morgan fingerprint density at radius 3 is 2.86 bits per heavy atom. The second kappa shape index (κ2) is 5.25. The summed E-state index contributed by atoms with van der Waals surface area (Å²) in [5.74, 6) is 0.565. The molecule has 0 unspecified atom stereocenters. The van der Waals surface area contributed by atoms with Gasteiger partial charge in [0.2, 0.25) is 0 Å². The maximum absolute atomic E-state index is 8.40. The number of ether oxygens (including phenoxy) is 1. The molecule has 0 fully saturated rings. The highest BCUT2D eigenvalue weighted by Gasteiger charge is 2.03. The third-order valence-corrected chi connectivity index (χ3v) is 2.04. The molecule has 14 heavy (non-hydrogen) atoms. The molecule has 0 saturated carbocycles. The molecule has 0 aliphatic carbocycles. The SMILES string of the molecule is CCCc1ccc(OC#N)c(CN)c1. The van der Waals surface area contributed by atoms with Crippen LogP contribution in [0.3, 0.4) is 0 Å². The average molecular weight is 190 g/mol. The molecule has 0 atom stereocenters. The third kappa shape index (κ3) is 2.48. The number of benzene rings is 1. The molecule has 2 N–H and O–H groups in total. The van der Waals surface area contributed by atoms with Gasteiger partial charge in [-0.1, -0.05) is 25.5 Å². The topological polar surface area (TPSA) is 59.0 Å². The van der Waals surface area contributed by atoms with Gasteiger partial charge in [-0.25, -0.2) is 0 Å². The van der Waals surface area contributed by atoms with Crippen molar-refractivity contribution in [2.75, 3.05) is 0 Å². The fraction of sp³-hybridized carbons (Fsp3) is 0.364. The van der Waals surface area contributed by atoms with Crippen LogP contribution < -0.4 is 10.5 Å². The van der Waals surface area contributed by atoms with Crippen LogP contribution in [0.2, 0.25) is 0 Å². The van der Waals surface area contributed by atoms with Gasteiger partial charge in [0.1, 0.15) is 5.75 Å². The molecule has 3 heteroatoms. The summed E-state index contributed by atoms with van der Waals surface area (Å²) in [6.07, 6.45) is 3.78. The molecule has 0 aliphatic heterocycles. The Bertz CT molecular complexity index is 342. The minimum absolute atomic E-state index is 0.397. The van der Waals surface area contributed by atoms with Crippen molar-refractivity contribution in [1.29, 1.82) is 5.26 Å². The zero-order valence-corrected chi connectivity index (χ0v) is 8.29. The van der Waals surface area contributed by atoms with Crippen LogP contribution in [0.15, 0.2) is 18.2 Å². The highest BCUT2D eigenvalue weighted by molar-refractivity contribution is 5.37. The van der Waals surface area contributed by atoms with Gasteiger partial charge in [-0.2, -0.15) is 0 Å². The Kier molecular flexibility index (Phi) is 3.96. The minimum atomic E-state index is 0.397. The van der Waals surface area contributed by atoms with Gasteiger partial charge in [-0.3, -0.25) is 0 Å². The summed E-state index contributed by atoms with van der Waals surface area (Å²) in [5.41, 5.74) is 7.68. The summed E-state index contributed by atoms with van der Waals surface area (Å²) in [6, 6.07) is 5.77. The van der Waals surface area contributed by atoms with Crippen molar-refractivity contribution in [2.24, 2.45) is 5.73 Å². The first-order chi connectivity index (χ1) is 6.81. The van der Waals surface area contributed by atoms with Crippen molar-refractivity contribution in [3.05, 3.63) is 29.3 Å². The fourth-order valence-electron chi connectivity index (χ4n) is 1.39. The lowest BCUT2D eigenvalue weighted by Crippen LogP contribution is -2.00. The summed E-state index contributed by atoms with van der Waals surface area (Å²) in [7, 11) is 0. The van der Waals surface area contributed by atoms with Crippen LogP contribution in [0.25, 0.3) is 0 Å². The minimum Gasteiger partial charge on any atom is -0.388 e. The van der Waals surface area contributed by atoms with E-state index in [9.17, 15) is 0 Å². The fourth-order valence-corrected chi connectivity index (χ4v) is 1.39. The zero-order valence-electron chi connectivity index (χ0n) is 8.29. The predicted molar refractivity (Wildman–Crippen MR) is 54.6 cm³/mol. The molecule has 1 rings (SSSR count). The van der Waals surface area contributed by atoms with E-state index in [1.807, 2.05) is 12.1 Å². The van der Waals surface area contributed by atoms with Crippen molar-refractivity contribution in [3.63, 3.8) is 0 Å². The summed E-state index contributed by atoms with van der Waals surface area (Å²) < 4.78 is 4.79. The van der Waals surface area contributed by atoms with E-state index in [1.54, 1.807) is 12.3 Å². The van der Waals surface area contributed by atoms with Gasteiger partial charge < -0.3 is 10.5 Å². The predicted octanol–water partition coefficient (Wildman–Crippen LogP) is 1.96. The Balaban J connectivity index is 2.94. The number of nitrogens with two attached hydrogens (primary N) is 1. The molecule has 0 bridgehead atoms. The van der Waals surface area contributed by atoms with E-state index in [1.165, 1.54) is 5.56 Å². The summed E-state index contributed by atoms with van der Waals surface area (Å²) >= 11 is 0. The number of hydrogen-bond acceptors (Lipinski definition) is 3. The van der Waals surface area contributed by atoms with Crippen LogP contribution in [0, 0.1) is 11.5 Å². The van der Waals surface area contributed by atoms with Crippen LogP contribution in [-0.2, 0) is 13.0 Å². The van der Waals surface area contributed by atoms with Gasteiger partial charge >= 0.3 is 0 Å². The van der Waals surface area contributed by atoms with Gasteiger partial charge in [0.25, 0.3) is 6.26 Å². The highest BCUT2D eigenvalue weighted by Crippen LogP contribution is 2.20. The molecule has 3 nitrogen and oxygen atoms in total. The zero-order chi connectivity index (χ0) is 10.4. The molecule has 0 spiro atoms. The molecule has 0 radical (unpaired) electrons. The largest absolute Gasteiger partial charge is 0.388 e. The Labute approximate surface area is 84.1 Å². The van der Waals surface area contributed by atoms with Crippen LogP contribution in [-0.4, -0.2) is 0 Å². The van der Waals surface area contributed by atoms with E-state index in [0.29, 0.717) is 12.3 Å². The lowest BCUT2D eigenvalue weighted by atomic mass is 10.1. The molecular weight excluding hydrogens is 176 g/mol. The van der Waals surface area contributed by atoms with Crippen LogP contribution >= 0.6 is 0 Å². The maximum atomic E-state index is 8.40. The molecule has 0 heterocycles. The van der Waals surface area contributed by atoms with Crippen molar-refractivity contribution in [3.8, 4) is 12.0 Å². The quantitative estimate of drug-likeness (QED) is 0.738. The van der Waals surface area contributed by atoms with E-state index in [0.717, 1.165) is 18.4 Å². The second-order valence-electron chi connectivity index (χ2n) is 3.09. The van der Waals surface area contributed by atoms with Crippen molar-refractivity contribution < 1.29 is 4.74 Å². The van der Waals surface area contributed by atoms with Gasteiger partial charge in [-0.15, -0.1) is 5.26 Å². The maximum Gasteiger partial charge on any atom is 0.292 e. The Hall–Kier alpha value is -1.53. The van der Waals surface area contributed by atoms with Crippen molar-refractivity contribution in [2.45, 2.75) is 26.3 Å². The molecule has 0 saturated heterocycles. The molecule has 0 amide bonds. The van der Waals surface area contributed by atoms with Crippen molar-refractivity contribution in [1.82, 2.24) is 0 Å². The lowest BCUT2D eigenvalue weighted by molar-refractivity contribution is 0.500. The molecular formula is C11H14N2O. The van der Waals surface area contributed by atoms with Crippen LogP contribution in [0.5, 0.6) is 5.75 Å². The van der Waals surface area contributed by atoms with Gasteiger partial charge in [0.15, 0.2) is 0 Å². The first-order valence-corrected chi connectivity index (χ1v) is 4.69. The first kappa shape index (κ1) is 10.6. The first-order valence-electron chi connectivity index (χ1n) is 4.69. The number of rotatable bonds is 4. The number of nitrogens with zero attached hydrogens (tertiary/aromatic N) is 1. The van der Waals surface area contributed by atoms with E-state index in [-0.39, 0.29) is 0 Å². The molecule has 1 aromatic rings. The summed E-state index contributed by atoms with van der Waals surface area (Å²) in [6.45, 7) is 2.52. The lowest BCUT2D eigenvalue weighted by Gasteiger charge is -2.06. The summed E-state index contributed by atoms with van der Waals surface area (Å²) in [5, 5.41) is 8.40. The van der Waals surface area contributed by atoms with Crippen LogP contribution in [0.1, 0.15) is 24.5 Å². The normalized spacial score (nSPS) is 9.50. The number of aryl methyl sites for hydroxylation is 1. The molecule has 0 aromatic heterocycles. The average Bonchev–Trinajstić information content (AvgIpc) is 2.21. The highest BCUT2D eigenvalue weighted by atomic mass is 16.5. The van der Waals surface area contributed by atoms with Crippen LogP contribution in [0.4, 0.5) is 0 Å². The van der Waals surface area contributed by atoms with Gasteiger partial charge in [-0.05, 0) is 18.1 Å². The van der Waals surface area contributed by atoms with Gasteiger partial charge in [0, 0.05) is 12.1 Å². The smallest absolute Gasteiger partial charge is 0.292 e. The van der Waals surface area contributed by atoms with E-state index < -0.39 is 0 Å². The third-order valence-electron chi connectivity index (χ3n) is 2.04. The van der Waals surface area contributed by atoms with E-state index >= 15 is 0 Å². The summed E-state index contributed by atoms with van der Waals surface area (Å²) in [4.78, 5) is 0. The number of hydrogen-bond donors (Lipinski definition) is 1. The monoisotopic (exact) mass is 190 g/mol. The number of nitriles is 1. The molecule has 1 aromatic carbocycles. The Morgan fingerprint density at radius 1 is 1.50 bits per heavy atom. The molecule has 0 aliphatic rings. The van der Waals surface area contributed by atoms with Crippen molar-refractivity contribution >= 4 is 0 Å². The standard InChI is InChI=1S/C11H14N2O/c1-2-3-9-4-5-11(14-8-13)10(6-9)7-12/h4-6H,2-3,7,12H2,1H3. The second-order valence-corrected chi connectivity index (χ2v) is 3.09. The van der Waals surface area contributed by atoms with Gasteiger partial charge in [0.05, 0.1) is 0 Å². The Morgan fingerprint density at radius 2 is 2.29 bits per heavy atom. The van der Waals surface area contributed by atoms with E-state index in [2.05, 4.69) is 6.92 Å².